The number of benzene rings is 10. The van der Waals surface area contributed by atoms with Gasteiger partial charge in [-0.15, -0.1) is 0 Å². The largest absolute Gasteiger partial charge is 0.484 e. The van der Waals surface area contributed by atoms with Crippen LogP contribution in [0.3, 0.4) is 0 Å². The standard InChI is InChI=1S/C56H38O/c1-4-15-37(16-5-1)43-31-33-49-50(35-43)53(47-24-12-13-25-48(47)55(49)46-26-14-22-39-17-10-11-23-45(39)46)41-29-27-38(28-30-41)44-32-34-52-51(36-44)54(40-18-6-2-7-19-40)56(57-52)42-20-8-3-9-21-42/h1-36,54,56H. The molecule has 0 aromatic heterocycles. The van der Waals surface area contributed by atoms with E-state index in [1.54, 1.807) is 0 Å². The average molecular weight is 727 g/mol. The minimum atomic E-state index is -0.0830. The summed E-state index contributed by atoms with van der Waals surface area (Å²) in [5.41, 5.74) is 13.5. The van der Waals surface area contributed by atoms with Gasteiger partial charge in [-0.25, -0.2) is 0 Å². The van der Waals surface area contributed by atoms with Gasteiger partial charge in [0, 0.05) is 5.56 Å². The number of hydrogen-bond acceptors (Lipinski definition) is 1. The maximum absolute atomic E-state index is 6.72. The molecule has 2 unspecified atom stereocenters. The molecule has 1 heterocycles. The summed E-state index contributed by atoms with van der Waals surface area (Å²) in [7, 11) is 0. The van der Waals surface area contributed by atoms with Gasteiger partial charge in [-0.1, -0.05) is 200 Å². The molecule has 1 aliphatic rings. The molecule has 2 atom stereocenters. The summed E-state index contributed by atoms with van der Waals surface area (Å²) in [4.78, 5) is 0. The predicted octanol–water partition coefficient (Wildman–Crippen LogP) is 15.1. The quantitative estimate of drug-likeness (QED) is 0.155. The van der Waals surface area contributed by atoms with Gasteiger partial charge in [0.25, 0.3) is 0 Å². The van der Waals surface area contributed by atoms with Crippen LogP contribution in [-0.2, 0) is 0 Å². The Morgan fingerprint density at radius 3 is 1.60 bits per heavy atom. The van der Waals surface area contributed by atoms with E-state index in [-0.39, 0.29) is 12.0 Å². The van der Waals surface area contributed by atoms with Crippen LogP contribution in [0.5, 0.6) is 5.75 Å². The van der Waals surface area contributed by atoms with E-state index >= 15 is 0 Å². The van der Waals surface area contributed by atoms with Crippen molar-refractivity contribution in [3.05, 3.63) is 235 Å². The van der Waals surface area contributed by atoms with Gasteiger partial charge in [0.1, 0.15) is 11.9 Å². The van der Waals surface area contributed by atoms with E-state index in [2.05, 4.69) is 218 Å². The molecule has 0 saturated heterocycles. The van der Waals surface area contributed by atoms with Crippen LogP contribution in [0.4, 0.5) is 0 Å². The number of rotatable bonds is 6. The molecular formula is C56H38O. The molecular weight excluding hydrogens is 689 g/mol. The number of fused-ring (bicyclic) bond motifs is 4. The second-order valence-corrected chi connectivity index (χ2v) is 15.1. The van der Waals surface area contributed by atoms with Crippen LogP contribution in [0.25, 0.3) is 76.8 Å². The van der Waals surface area contributed by atoms with E-state index in [0.29, 0.717) is 0 Å². The lowest BCUT2D eigenvalue weighted by Crippen LogP contribution is -2.11. The zero-order chi connectivity index (χ0) is 37.7. The first-order valence-electron chi connectivity index (χ1n) is 19.8. The first kappa shape index (κ1) is 33.1. The van der Waals surface area contributed by atoms with Crippen LogP contribution >= 0.6 is 0 Å². The molecule has 11 rings (SSSR count). The second-order valence-electron chi connectivity index (χ2n) is 15.1. The summed E-state index contributed by atoms with van der Waals surface area (Å²) >= 11 is 0. The Morgan fingerprint density at radius 2 is 0.842 bits per heavy atom. The number of hydrogen-bond donors (Lipinski definition) is 0. The van der Waals surface area contributed by atoms with Crippen molar-refractivity contribution in [2.24, 2.45) is 0 Å². The Morgan fingerprint density at radius 1 is 0.316 bits per heavy atom. The lowest BCUT2D eigenvalue weighted by atomic mass is 9.83. The summed E-state index contributed by atoms with van der Waals surface area (Å²) in [5.74, 6) is 1.05. The van der Waals surface area contributed by atoms with Crippen molar-refractivity contribution in [3.8, 4) is 50.3 Å². The highest BCUT2D eigenvalue weighted by molar-refractivity contribution is 6.24. The van der Waals surface area contributed by atoms with Gasteiger partial charge in [-0.2, -0.15) is 0 Å². The summed E-state index contributed by atoms with van der Waals surface area (Å²) < 4.78 is 6.72. The third-order valence-electron chi connectivity index (χ3n) is 11.9. The topological polar surface area (TPSA) is 9.23 Å². The molecule has 10 aromatic carbocycles. The van der Waals surface area contributed by atoms with Crippen LogP contribution in [-0.4, -0.2) is 0 Å². The smallest absolute Gasteiger partial charge is 0.135 e. The third kappa shape index (κ3) is 5.71. The first-order valence-corrected chi connectivity index (χ1v) is 19.8. The molecule has 0 aliphatic carbocycles. The van der Waals surface area contributed by atoms with Crippen molar-refractivity contribution in [1.82, 2.24) is 0 Å². The molecule has 1 nitrogen and oxygen atoms in total. The maximum Gasteiger partial charge on any atom is 0.135 e. The zero-order valence-corrected chi connectivity index (χ0v) is 31.3. The van der Waals surface area contributed by atoms with Crippen molar-refractivity contribution < 1.29 is 4.74 Å². The summed E-state index contributed by atoms with van der Waals surface area (Å²) in [6.45, 7) is 0. The zero-order valence-electron chi connectivity index (χ0n) is 31.3. The van der Waals surface area contributed by atoms with Gasteiger partial charge in [-0.05, 0) is 106 Å². The Kier molecular flexibility index (Phi) is 8.03. The van der Waals surface area contributed by atoms with Crippen molar-refractivity contribution in [1.29, 1.82) is 0 Å². The van der Waals surface area contributed by atoms with E-state index in [1.807, 2.05) is 0 Å². The highest BCUT2D eigenvalue weighted by atomic mass is 16.5. The van der Waals surface area contributed by atoms with Gasteiger partial charge in [0.05, 0.1) is 5.92 Å². The van der Waals surface area contributed by atoms with Crippen molar-refractivity contribution in [2.45, 2.75) is 12.0 Å². The molecule has 0 fully saturated rings. The van der Waals surface area contributed by atoms with E-state index in [1.165, 1.54) is 93.5 Å². The SMILES string of the molecule is c1ccc(-c2ccc3c(-c4cccc5ccccc45)c4ccccc4c(-c4ccc(-c5ccc6c(c5)C(c5ccccc5)C(c5ccccc5)O6)cc4)c3c2)cc1. The Hall–Kier alpha value is -7.22. The fraction of sp³-hybridized carbons (Fsp3) is 0.0357. The van der Waals surface area contributed by atoms with E-state index in [4.69, 9.17) is 4.74 Å². The van der Waals surface area contributed by atoms with Crippen LogP contribution in [0, 0.1) is 0 Å². The van der Waals surface area contributed by atoms with E-state index < -0.39 is 0 Å². The van der Waals surface area contributed by atoms with Crippen molar-refractivity contribution >= 4 is 32.3 Å². The van der Waals surface area contributed by atoms with Gasteiger partial charge in [0.2, 0.25) is 0 Å². The van der Waals surface area contributed by atoms with Crippen molar-refractivity contribution in [2.75, 3.05) is 0 Å². The monoisotopic (exact) mass is 726 g/mol. The fourth-order valence-corrected chi connectivity index (χ4v) is 9.23. The molecule has 268 valence electrons. The summed E-state index contributed by atoms with van der Waals surface area (Å²) in [6, 6.07) is 79.5. The number of ether oxygens (including phenoxy) is 1. The molecule has 57 heavy (non-hydrogen) atoms. The predicted molar refractivity (Wildman–Crippen MR) is 239 cm³/mol. The van der Waals surface area contributed by atoms with Crippen LogP contribution in [0.1, 0.15) is 28.7 Å². The first-order chi connectivity index (χ1) is 28.3. The lowest BCUT2D eigenvalue weighted by molar-refractivity contribution is 0.222. The molecule has 0 amide bonds. The Labute approximate surface area is 333 Å². The Bertz CT molecular complexity index is 3070. The van der Waals surface area contributed by atoms with Crippen LogP contribution in [0.15, 0.2) is 218 Å². The van der Waals surface area contributed by atoms with Gasteiger partial charge in [0.15, 0.2) is 0 Å². The summed E-state index contributed by atoms with van der Waals surface area (Å²) in [5, 5.41) is 7.52. The van der Waals surface area contributed by atoms with Crippen LogP contribution < -0.4 is 4.74 Å². The van der Waals surface area contributed by atoms with Gasteiger partial charge >= 0.3 is 0 Å². The van der Waals surface area contributed by atoms with Gasteiger partial charge in [-0.3, -0.25) is 0 Å². The lowest BCUT2D eigenvalue weighted by Gasteiger charge is -2.20. The molecule has 0 N–H and O–H groups in total. The minimum absolute atomic E-state index is 0.0830. The van der Waals surface area contributed by atoms with Gasteiger partial charge < -0.3 is 4.74 Å². The van der Waals surface area contributed by atoms with E-state index in [9.17, 15) is 0 Å². The fourth-order valence-electron chi connectivity index (χ4n) is 9.23. The maximum atomic E-state index is 6.72. The highest BCUT2D eigenvalue weighted by Gasteiger charge is 2.37. The van der Waals surface area contributed by atoms with Crippen molar-refractivity contribution in [3.63, 3.8) is 0 Å². The molecule has 0 radical (unpaired) electrons. The average Bonchev–Trinajstić information content (AvgIpc) is 3.68. The molecule has 0 bridgehead atoms. The van der Waals surface area contributed by atoms with E-state index in [0.717, 1.165) is 5.75 Å². The second kappa shape index (κ2) is 13.8. The normalized spacial score (nSPS) is 14.8. The van der Waals surface area contributed by atoms with Crippen LogP contribution in [0.2, 0.25) is 0 Å². The highest BCUT2D eigenvalue weighted by Crippen LogP contribution is 2.51. The summed E-state index contributed by atoms with van der Waals surface area (Å²) in [6.07, 6.45) is -0.0830. The molecule has 1 aliphatic heterocycles. The third-order valence-corrected chi connectivity index (χ3v) is 11.9. The molecule has 0 saturated carbocycles. The Balaban J connectivity index is 1.07. The molecule has 1 heteroatoms. The molecule has 0 spiro atoms. The minimum Gasteiger partial charge on any atom is -0.484 e. The molecule has 10 aromatic rings.